The van der Waals surface area contributed by atoms with Crippen molar-refractivity contribution >= 4 is 0 Å². The summed E-state index contributed by atoms with van der Waals surface area (Å²) >= 11 is 0. The van der Waals surface area contributed by atoms with Gasteiger partial charge in [0.05, 0.1) is 0 Å². The Morgan fingerprint density at radius 3 is 2.50 bits per heavy atom. The molecule has 106 valence electrons. The highest BCUT2D eigenvalue weighted by atomic mass is 16.5. The second-order valence-electron chi connectivity index (χ2n) is 5.20. The summed E-state index contributed by atoms with van der Waals surface area (Å²) in [5.74, 6) is 0.977. The van der Waals surface area contributed by atoms with E-state index in [2.05, 4.69) is 62.5 Å². The van der Waals surface area contributed by atoms with Crippen LogP contribution in [-0.4, -0.2) is 13.2 Å². The first-order chi connectivity index (χ1) is 9.66. The molecule has 0 fully saturated rings. The van der Waals surface area contributed by atoms with Crippen LogP contribution in [-0.2, 0) is 0 Å². The minimum absolute atomic E-state index is 0.346. The van der Waals surface area contributed by atoms with E-state index >= 15 is 0 Å². The molecular weight excluding hydrogens is 246 g/mol. The molecule has 0 aromatic heterocycles. The summed E-state index contributed by atoms with van der Waals surface area (Å²) in [6.07, 6.45) is 0. The Bertz CT molecular complexity index is 536. The van der Waals surface area contributed by atoms with Crippen LogP contribution < -0.4 is 10.1 Å². The first-order valence-electron chi connectivity index (χ1n) is 7.15. The first kappa shape index (κ1) is 14.6. The lowest BCUT2D eigenvalue weighted by Crippen LogP contribution is -2.24. The molecule has 2 aromatic carbocycles. The summed E-state index contributed by atoms with van der Waals surface area (Å²) in [6, 6.07) is 17.1. The minimum atomic E-state index is 0.346. The topological polar surface area (TPSA) is 21.3 Å². The van der Waals surface area contributed by atoms with E-state index in [0.29, 0.717) is 12.6 Å². The first-order valence-corrected chi connectivity index (χ1v) is 7.15. The summed E-state index contributed by atoms with van der Waals surface area (Å²) < 4.78 is 5.82. The number of hydrogen-bond donors (Lipinski definition) is 1. The van der Waals surface area contributed by atoms with Gasteiger partial charge in [-0.3, -0.25) is 0 Å². The zero-order chi connectivity index (χ0) is 14.4. The average molecular weight is 269 g/mol. The molecule has 0 saturated carbocycles. The molecule has 0 aliphatic carbocycles. The van der Waals surface area contributed by atoms with E-state index in [1.165, 1.54) is 16.7 Å². The largest absolute Gasteiger partial charge is 0.492 e. The second-order valence-corrected chi connectivity index (χ2v) is 5.20. The molecule has 0 aliphatic heterocycles. The van der Waals surface area contributed by atoms with E-state index in [0.717, 1.165) is 12.3 Å². The van der Waals surface area contributed by atoms with Crippen LogP contribution in [0.3, 0.4) is 0 Å². The molecule has 1 N–H and O–H groups in total. The molecular formula is C18H23NO. The van der Waals surface area contributed by atoms with Crippen molar-refractivity contribution in [3.63, 3.8) is 0 Å². The number of hydrogen-bond acceptors (Lipinski definition) is 2. The lowest BCUT2D eigenvalue weighted by molar-refractivity contribution is 0.305. The number of ether oxygens (including phenoxy) is 1. The Morgan fingerprint density at radius 2 is 1.80 bits per heavy atom. The molecule has 0 aliphatic rings. The third kappa shape index (κ3) is 4.10. The molecule has 0 heterocycles. The van der Waals surface area contributed by atoms with Gasteiger partial charge >= 0.3 is 0 Å². The molecule has 20 heavy (non-hydrogen) atoms. The summed E-state index contributed by atoms with van der Waals surface area (Å²) in [6.45, 7) is 7.87. The van der Waals surface area contributed by atoms with Crippen molar-refractivity contribution in [3.8, 4) is 5.75 Å². The van der Waals surface area contributed by atoms with Crippen molar-refractivity contribution in [2.45, 2.75) is 26.8 Å². The lowest BCUT2D eigenvalue weighted by atomic mass is 10.1. The zero-order valence-corrected chi connectivity index (χ0v) is 12.5. The predicted octanol–water partition coefficient (Wildman–Crippen LogP) is 4.03. The lowest BCUT2D eigenvalue weighted by Gasteiger charge is -2.15. The van der Waals surface area contributed by atoms with Gasteiger partial charge in [-0.15, -0.1) is 0 Å². The van der Waals surface area contributed by atoms with Crippen LogP contribution in [0.4, 0.5) is 0 Å². The van der Waals surface area contributed by atoms with E-state index in [4.69, 9.17) is 4.74 Å². The third-order valence-electron chi connectivity index (χ3n) is 3.44. The number of rotatable bonds is 6. The van der Waals surface area contributed by atoms with Gasteiger partial charge in [-0.05, 0) is 38.0 Å². The predicted molar refractivity (Wildman–Crippen MR) is 84.3 cm³/mol. The van der Waals surface area contributed by atoms with Crippen LogP contribution in [0, 0.1) is 13.8 Å². The fraction of sp³-hybridized carbons (Fsp3) is 0.333. The molecule has 0 bridgehead atoms. The number of benzene rings is 2. The quantitative estimate of drug-likeness (QED) is 0.799. The Kier molecular flexibility index (Phi) is 5.19. The highest BCUT2D eigenvalue weighted by Gasteiger charge is 2.04. The normalized spacial score (nSPS) is 12.2. The molecule has 1 unspecified atom stereocenters. The fourth-order valence-corrected chi connectivity index (χ4v) is 2.26. The van der Waals surface area contributed by atoms with Crippen molar-refractivity contribution in [1.82, 2.24) is 5.32 Å². The van der Waals surface area contributed by atoms with Gasteiger partial charge in [-0.1, -0.05) is 48.0 Å². The SMILES string of the molecule is Cc1ccc(OCCNC(C)c2ccccc2)c(C)c1. The molecule has 2 rings (SSSR count). The Morgan fingerprint density at radius 1 is 1.05 bits per heavy atom. The summed E-state index contributed by atoms with van der Waals surface area (Å²) in [5.41, 5.74) is 3.77. The van der Waals surface area contributed by atoms with Gasteiger partial charge in [-0.25, -0.2) is 0 Å². The van der Waals surface area contributed by atoms with Crippen LogP contribution in [0.5, 0.6) is 5.75 Å². The molecule has 0 amide bonds. The molecule has 0 radical (unpaired) electrons. The maximum Gasteiger partial charge on any atom is 0.122 e. The summed E-state index contributed by atoms with van der Waals surface area (Å²) in [4.78, 5) is 0. The molecule has 2 heteroatoms. The van der Waals surface area contributed by atoms with Crippen LogP contribution in [0.1, 0.15) is 29.7 Å². The van der Waals surface area contributed by atoms with Gasteiger partial charge < -0.3 is 10.1 Å². The highest BCUT2D eigenvalue weighted by molar-refractivity contribution is 5.35. The zero-order valence-electron chi connectivity index (χ0n) is 12.5. The van der Waals surface area contributed by atoms with E-state index in [1.54, 1.807) is 0 Å². The van der Waals surface area contributed by atoms with Gasteiger partial charge in [-0.2, -0.15) is 0 Å². The standard InChI is InChI=1S/C18H23NO/c1-14-9-10-18(15(2)13-14)20-12-11-19-16(3)17-7-5-4-6-8-17/h4-10,13,16,19H,11-12H2,1-3H3. The van der Waals surface area contributed by atoms with Gasteiger partial charge in [0.1, 0.15) is 12.4 Å². The van der Waals surface area contributed by atoms with E-state index in [-0.39, 0.29) is 0 Å². The minimum Gasteiger partial charge on any atom is -0.492 e. The number of aryl methyl sites for hydroxylation is 2. The molecule has 2 nitrogen and oxygen atoms in total. The van der Waals surface area contributed by atoms with Crippen LogP contribution in [0.2, 0.25) is 0 Å². The molecule has 2 aromatic rings. The maximum absolute atomic E-state index is 5.82. The second kappa shape index (κ2) is 7.11. The molecule has 1 atom stereocenters. The Hall–Kier alpha value is -1.80. The molecule has 0 spiro atoms. The van der Waals surface area contributed by atoms with Crippen molar-refractivity contribution in [2.24, 2.45) is 0 Å². The fourth-order valence-electron chi connectivity index (χ4n) is 2.26. The van der Waals surface area contributed by atoms with Gasteiger partial charge in [0.2, 0.25) is 0 Å². The van der Waals surface area contributed by atoms with Crippen molar-refractivity contribution in [2.75, 3.05) is 13.2 Å². The Balaban J connectivity index is 1.76. The van der Waals surface area contributed by atoms with Crippen LogP contribution in [0.15, 0.2) is 48.5 Å². The summed E-state index contributed by atoms with van der Waals surface area (Å²) in [7, 11) is 0. The van der Waals surface area contributed by atoms with E-state index in [1.807, 2.05) is 12.1 Å². The van der Waals surface area contributed by atoms with E-state index < -0.39 is 0 Å². The van der Waals surface area contributed by atoms with Gasteiger partial charge in [0.25, 0.3) is 0 Å². The van der Waals surface area contributed by atoms with Gasteiger partial charge in [0.15, 0.2) is 0 Å². The van der Waals surface area contributed by atoms with Crippen LogP contribution in [0.25, 0.3) is 0 Å². The Labute approximate surface area is 121 Å². The maximum atomic E-state index is 5.82. The monoisotopic (exact) mass is 269 g/mol. The summed E-state index contributed by atoms with van der Waals surface area (Å²) in [5, 5.41) is 3.47. The highest BCUT2D eigenvalue weighted by Crippen LogP contribution is 2.18. The van der Waals surface area contributed by atoms with Crippen molar-refractivity contribution in [1.29, 1.82) is 0 Å². The van der Waals surface area contributed by atoms with Crippen LogP contribution >= 0.6 is 0 Å². The third-order valence-corrected chi connectivity index (χ3v) is 3.44. The molecule has 0 saturated heterocycles. The van der Waals surface area contributed by atoms with Crippen molar-refractivity contribution < 1.29 is 4.74 Å². The number of nitrogens with one attached hydrogen (secondary N) is 1. The van der Waals surface area contributed by atoms with E-state index in [9.17, 15) is 0 Å². The van der Waals surface area contributed by atoms with Gasteiger partial charge in [0, 0.05) is 12.6 Å². The smallest absolute Gasteiger partial charge is 0.122 e. The average Bonchev–Trinajstić information content (AvgIpc) is 2.46. The van der Waals surface area contributed by atoms with Crippen molar-refractivity contribution in [3.05, 3.63) is 65.2 Å².